The van der Waals surface area contributed by atoms with Crippen LogP contribution in [0.15, 0.2) is 42.5 Å². The van der Waals surface area contributed by atoms with E-state index in [0.29, 0.717) is 27.5 Å². The number of anilines is 2. The van der Waals surface area contributed by atoms with E-state index in [9.17, 15) is 13.2 Å². The molecule has 0 radical (unpaired) electrons. The van der Waals surface area contributed by atoms with E-state index < -0.39 is 9.84 Å². The fourth-order valence-electron chi connectivity index (χ4n) is 2.19. The first-order chi connectivity index (χ1) is 11.8. The van der Waals surface area contributed by atoms with E-state index in [-0.39, 0.29) is 18.2 Å². The third-order valence-corrected chi connectivity index (χ3v) is 4.32. The minimum Gasteiger partial charge on any atom is -0.376 e. The van der Waals surface area contributed by atoms with Crippen LogP contribution in [0.4, 0.5) is 11.4 Å². The van der Waals surface area contributed by atoms with Gasteiger partial charge in [0.05, 0.1) is 23.5 Å². The lowest BCUT2D eigenvalue weighted by Crippen LogP contribution is -2.22. The fraction of sp³-hybridized carbons (Fsp3) is 0.176. The molecular formula is C17H16ClN3O3S. The van der Waals surface area contributed by atoms with Crippen LogP contribution in [0.5, 0.6) is 0 Å². The Balaban J connectivity index is 2.07. The molecule has 6 nitrogen and oxygen atoms in total. The molecule has 0 spiro atoms. The molecule has 25 heavy (non-hydrogen) atoms. The van der Waals surface area contributed by atoms with Gasteiger partial charge in [0, 0.05) is 17.0 Å². The van der Waals surface area contributed by atoms with Gasteiger partial charge in [0.1, 0.15) is 6.07 Å². The van der Waals surface area contributed by atoms with E-state index in [0.717, 1.165) is 6.26 Å². The van der Waals surface area contributed by atoms with E-state index in [2.05, 4.69) is 10.6 Å². The Bertz CT molecular complexity index is 936. The standard InChI is InChI=1S/C17H16ClN3O3S/c1-25(23,24)11-13-4-2-3-5-15(13)20-10-17(22)21-16-8-14(18)7-6-12(16)9-19/h2-8,20H,10-11H2,1H3,(H,21,22). The van der Waals surface area contributed by atoms with Crippen molar-refractivity contribution in [1.82, 2.24) is 0 Å². The zero-order chi connectivity index (χ0) is 18.4. The van der Waals surface area contributed by atoms with Gasteiger partial charge in [-0.1, -0.05) is 29.8 Å². The number of benzene rings is 2. The third-order valence-electron chi connectivity index (χ3n) is 3.25. The lowest BCUT2D eigenvalue weighted by Gasteiger charge is -2.12. The van der Waals surface area contributed by atoms with Crippen LogP contribution < -0.4 is 10.6 Å². The molecular weight excluding hydrogens is 362 g/mol. The molecule has 130 valence electrons. The Kier molecular flexibility index (Phi) is 6.02. The lowest BCUT2D eigenvalue weighted by molar-refractivity contribution is -0.114. The number of nitrogens with zero attached hydrogens (tertiary/aromatic N) is 1. The molecule has 0 saturated carbocycles. The average Bonchev–Trinajstić information content (AvgIpc) is 2.53. The smallest absolute Gasteiger partial charge is 0.243 e. The maximum absolute atomic E-state index is 12.1. The molecule has 0 atom stereocenters. The SMILES string of the molecule is CS(=O)(=O)Cc1ccccc1NCC(=O)Nc1cc(Cl)ccc1C#N. The Morgan fingerprint density at radius 1 is 1.20 bits per heavy atom. The van der Waals surface area contributed by atoms with Crippen molar-refractivity contribution in [3.05, 3.63) is 58.6 Å². The Labute approximate surface area is 151 Å². The number of hydrogen-bond donors (Lipinski definition) is 2. The summed E-state index contributed by atoms with van der Waals surface area (Å²) in [5, 5.41) is 15.0. The molecule has 0 aliphatic rings. The van der Waals surface area contributed by atoms with Gasteiger partial charge in [-0.15, -0.1) is 0 Å². The second-order valence-corrected chi connectivity index (χ2v) is 8.01. The second kappa shape index (κ2) is 8.01. The summed E-state index contributed by atoms with van der Waals surface area (Å²) >= 11 is 5.88. The van der Waals surface area contributed by atoms with E-state index in [1.54, 1.807) is 30.3 Å². The predicted octanol–water partition coefficient (Wildman–Crippen LogP) is 2.81. The predicted molar refractivity (Wildman–Crippen MR) is 98.3 cm³/mol. The Hall–Kier alpha value is -2.56. The highest BCUT2D eigenvalue weighted by molar-refractivity contribution is 7.89. The normalized spacial score (nSPS) is 10.8. The summed E-state index contributed by atoms with van der Waals surface area (Å²) in [4.78, 5) is 12.1. The second-order valence-electron chi connectivity index (χ2n) is 5.43. The van der Waals surface area contributed by atoms with Crippen molar-refractivity contribution in [2.45, 2.75) is 5.75 Å². The van der Waals surface area contributed by atoms with Crippen LogP contribution in [0, 0.1) is 11.3 Å². The minimum atomic E-state index is -3.19. The van der Waals surface area contributed by atoms with Crippen LogP contribution >= 0.6 is 11.6 Å². The fourth-order valence-corrected chi connectivity index (χ4v) is 3.18. The number of hydrogen-bond acceptors (Lipinski definition) is 5. The molecule has 0 saturated heterocycles. The maximum Gasteiger partial charge on any atom is 0.243 e. The summed E-state index contributed by atoms with van der Waals surface area (Å²) in [7, 11) is -3.19. The molecule has 0 aliphatic carbocycles. The topological polar surface area (TPSA) is 99.1 Å². The van der Waals surface area contributed by atoms with Gasteiger partial charge in [-0.25, -0.2) is 8.42 Å². The maximum atomic E-state index is 12.1. The number of halogens is 1. The van der Waals surface area contributed by atoms with Crippen LogP contribution in [0.2, 0.25) is 5.02 Å². The lowest BCUT2D eigenvalue weighted by atomic mass is 10.2. The highest BCUT2D eigenvalue weighted by Gasteiger charge is 2.11. The first-order valence-electron chi connectivity index (χ1n) is 7.27. The third kappa shape index (κ3) is 5.78. The number of carbonyl (C=O) groups excluding carboxylic acids is 1. The van der Waals surface area contributed by atoms with Gasteiger partial charge in [0.15, 0.2) is 9.84 Å². The molecule has 0 unspecified atom stereocenters. The van der Waals surface area contributed by atoms with E-state index in [1.807, 2.05) is 6.07 Å². The molecule has 2 rings (SSSR count). The van der Waals surface area contributed by atoms with Gasteiger partial charge in [-0.3, -0.25) is 4.79 Å². The quantitative estimate of drug-likeness (QED) is 0.806. The number of rotatable bonds is 6. The van der Waals surface area contributed by atoms with Gasteiger partial charge in [-0.2, -0.15) is 5.26 Å². The summed E-state index contributed by atoms with van der Waals surface area (Å²) in [5.74, 6) is -0.502. The number of para-hydroxylation sites is 1. The summed E-state index contributed by atoms with van der Waals surface area (Å²) < 4.78 is 23.0. The van der Waals surface area contributed by atoms with Crippen LogP contribution in [-0.4, -0.2) is 27.1 Å². The Morgan fingerprint density at radius 2 is 1.92 bits per heavy atom. The summed E-state index contributed by atoms with van der Waals surface area (Å²) in [6, 6.07) is 13.4. The number of amides is 1. The number of nitriles is 1. The molecule has 0 aromatic heterocycles. The summed E-state index contributed by atoms with van der Waals surface area (Å²) in [6.45, 7) is -0.0852. The van der Waals surface area contributed by atoms with Gasteiger partial charge in [0.25, 0.3) is 0 Å². The summed E-state index contributed by atoms with van der Waals surface area (Å²) in [6.07, 6.45) is 1.15. The monoisotopic (exact) mass is 377 g/mol. The minimum absolute atomic E-state index is 0.0852. The van der Waals surface area contributed by atoms with Crippen molar-refractivity contribution in [2.24, 2.45) is 0 Å². The molecule has 0 heterocycles. The van der Waals surface area contributed by atoms with Gasteiger partial charge in [-0.05, 0) is 29.8 Å². The van der Waals surface area contributed by atoms with Crippen molar-refractivity contribution in [3.63, 3.8) is 0 Å². The Morgan fingerprint density at radius 3 is 2.60 bits per heavy atom. The number of carbonyl (C=O) groups is 1. The molecule has 2 aromatic rings. The van der Waals surface area contributed by atoms with E-state index in [4.69, 9.17) is 16.9 Å². The molecule has 8 heteroatoms. The van der Waals surface area contributed by atoms with Gasteiger partial charge < -0.3 is 10.6 Å². The van der Waals surface area contributed by atoms with Crippen molar-refractivity contribution >= 4 is 38.7 Å². The molecule has 0 bridgehead atoms. The van der Waals surface area contributed by atoms with Crippen molar-refractivity contribution in [3.8, 4) is 6.07 Å². The molecule has 1 amide bonds. The number of sulfone groups is 1. The van der Waals surface area contributed by atoms with Gasteiger partial charge >= 0.3 is 0 Å². The first kappa shape index (κ1) is 18.8. The van der Waals surface area contributed by atoms with Crippen LogP contribution in [-0.2, 0) is 20.4 Å². The highest BCUT2D eigenvalue weighted by atomic mass is 35.5. The first-order valence-corrected chi connectivity index (χ1v) is 9.71. The van der Waals surface area contributed by atoms with E-state index >= 15 is 0 Å². The average molecular weight is 378 g/mol. The van der Waals surface area contributed by atoms with Crippen molar-refractivity contribution in [1.29, 1.82) is 5.26 Å². The van der Waals surface area contributed by atoms with Crippen molar-refractivity contribution < 1.29 is 13.2 Å². The van der Waals surface area contributed by atoms with Crippen molar-refractivity contribution in [2.75, 3.05) is 23.4 Å². The molecule has 0 fully saturated rings. The molecule has 0 aliphatic heterocycles. The highest BCUT2D eigenvalue weighted by Crippen LogP contribution is 2.21. The molecule has 2 N–H and O–H groups in total. The number of nitrogens with one attached hydrogen (secondary N) is 2. The van der Waals surface area contributed by atoms with Crippen LogP contribution in [0.3, 0.4) is 0 Å². The zero-order valence-electron chi connectivity index (χ0n) is 13.4. The summed E-state index contributed by atoms with van der Waals surface area (Å²) in [5.41, 5.74) is 1.77. The zero-order valence-corrected chi connectivity index (χ0v) is 15.0. The van der Waals surface area contributed by atoms with Crippen LogP contribution in [0.25, 0.3) is 0 Å². The largest absolute Gasteiger partial charge is 0.376 e. The molecule has 2 aromatic carbocycles. The van der Waals surface area contributed by atoms with Gasteiger partial charge in [0.2, 0.25) is 5.91 Å². The van der Waals surface area contributed by atoms with E-state index in [1.165, 1.54) is 12.1 Å². The van der Waals surface area contributed by atoms with Crippen LogP contribution in [0.1, 0.15) is 11.1 Å².